The Morgan fingerprint density at radius 3 is 1.46 bits per heavy atom. The standard InChI is InChI=1S/C22H15NS/c23-16-24-22(19-14-8-3-9-15-19)20(17-10-4-1-5-11-17)21(22)18-12-6-2-7-13-18/h1-15H. The molecule has 1 nitrogen and oxygen atoms in total. The second kappa shape index (κ2) is 6.03. The lowest BCUT2D eigenvalue weighted by Gasteiger charge is -2.17. The number of benzene rings is 3. The molecule has 0 N–H and O–H groups in total. The lowest BCUT2D eigenvalue weighted by molar-refractivity contribution is 1.16. The molecule has 1 aliphatic carbocycles. The van der Waals surface area contributed by atoms with E-state index in [0.29, 0.717) is 0 Å². The predicted octanol–water partition coefficient (Wildman–Crippen LogP) is 5.72. The number of hydrogen-bond acceptors (Lipinski definition) is 2. The number of thioether (sulfide) groups is 1. The van der Waals surface area contributed by atoms with Gasteiger partial charge in [-0.05, 0) is 39.6 Å². The van der Waals surface area contributed by atoms with E-state index in [1.807, 2.05) is 30.3 Å². The molecule has 0 amide bonds. The quantitative estimate of drug-likeness (QED) is 0.573. The maximum atomic E-state index is 9.52. The van der Waals surface area contributed by atoms with Gasteiger partial charge in [0.2, 0.25) is 0 Å². The van der Waals surface area contributed by atoms with Crippen LogP contribution in [0.5, 0.6) is 0 Å². The molecule has 0 aliphatic heterocycles. The fourth-order valence-electron chi connectivity index (χ4n) is 3.36. The molecule has 114 valence electrons. The van der Waals surface area contributed by atoms with Gasteiger partial charge in [0.05, 0.1) is 0 Å². The summed E-state index contributed by atoms with van der Waals surface area (Å²) in [4.78, 5) is 0. The molecule has 0 saturated carbocycles. The van der Waals surface area contributed by atoms with Crippen molar-refractivity contribution in [2.45, 2.75) is 4.75 Å². The molecular formula is C22H15NS. The minimum Gasteiger partial charge on any atom is -0.185 e. The maximum absolute atomic E-state index is 9.52. The summed E-state index contributed by atoms with van der Waals surface area (Å²) in [5.74, 6) is 0. The van der Waals surface area contributed by atoms with Crippen molar-refractivity contribution >= 4 is 22.9 Å². The van der Waals surface area contributed by atoms with E-state index >= 15 is 0 Å². The second-order valence-electron chi connectivity index (χ2n) is 5.72. The van der Waals surface area contributed by atoms with Gasteiger partial charge in [-0.3, -0.25) is 0 Å². The third-order valence-corrected chi connectivity index (χ3v) is 5.44. The van der Waals surface area contributed by atoms with Gasteiger partial charge in [0, 0.05) is 0 Å². The lowest BCUT2D eigenvalue weighted by atomic mass is 10.00. The van der Waals surface area contributed by atoms with Crippen molar-refractivity contribution in [3.05, 3.63) is 108 Å². The minimum absolute atomic E-state index is 0.376. The zero-order chi connectivity index (χ0) is 16.4. The number of nitriles is 1. The van der Waals surface area contributed by atoms with Crippen LogP contribution in [-0.2, 0) is 4.75 Å². The topological polar surface area (TPSA) is 23.8 Å². The van der Waals surface area contributed by atoms with Crippen molar-refractivity contribution < 1.29 is 0 Å². The average molecular weight is 325 g/mol. The van der Waals surface area contributed by atoms with E-state index in [4.69, 9.17) is 0 Å². The van der Waals surface area contributed by atoms with Crippen LogP contribution in [0.25, 0.3) is 11.1 Å². The molecule has 4 rings (SSSR count). The Labute approximate surface area is 146 Å². The highest BCUT2D eigenvalue weighted by Gasteiger charge is 2.56. The molecule has 24 heavy (non-hydrogen) atoms. The minimum atomic E-state index is -0.376. The summed E-state index contributed by atoms with van der Waals surface area (Å²) in [6.07, 6.45) is 0. The summed E-state index contributed by atoms with van der Waals surface area (Å²) in [5.41, 5.74) is 6.01. The average Bonchev–Trinajstić information content (AvgIpc) is 3.34. The van der Waals surface area contributed by atoms with Crippen LogP contribution < -0.4 is 0 Å². The lowest BCUT2D eigenvalue weighted by Crippen LogP contribution is -2.07. The number of nitrogens with zero attached hydrogens (tertiary/aromatic N) is 1. The molecule has 1 aliphatic rings. The second-order valence-corrected chi connectivity index (χ2v) is 6.72. The highest BCUT2D eigenvalue weighted by Crippen LogP contribution is 2.70. The monoisotopic (exact) mass is 325 g/mol. The molecule has 0 bridgehead atoms. The summed E-state index contributed by atoms with van der Waals surface area (Å²) in [5, 5.41) is 11.9. The van der Waals surface area contributed by atoms with Gasteiger partial charge in [-0.25, -0.2) is 0 Å². The van der Waals surface area contributed by atoms with Crippen LogP contribution in [0, 0.1) is 10.7 Å². The van der Waals surface area contributed by atoms with Gasteiger partial charge in [0.1, 0.15) is 10.1 Å². The van der Waals surface area contributed by atoms with Crippen LogP contribution in [-0.4, -0.2) is 0 Å². The van der Waals surface area contributed by atoms with Gasteiger partial charge in [0.25, 0.3) is 0 Å². The Bertz CT molecular complexity index is 872. The molecule has 3 aromatic rings. The Balaban J connectivity index is 1.93. The molecule has 0 atom stereocenters. The van der Waals surface area contributed by atoms with E-state index in [9.17, 15) is 5.26 Å². The molecule has 0 spiro atoms. The van der Waals surface area contributed by atoms with E-state index in [1.165, 1.54) is 34.0 Å². The molecule has 0 saturated heterocycles. The molecule has 3 aromatic carbocycles. The first kappa shape index (κ1) is 14.8. The van der Waals surface area contributed by atoms with Crippen LogP contribution in [0.15, 0.2) is 91.0 Å². The van der Waals surface area contributed by atoms with Crippen molar-refractivity contribution in [3.8, 4) is 5.40 Å². The predicted molar refractivity (Wildman–Crippen MR) is 101 cm³/mol. The van der Waals surface area contributed by atoms with Crippen molar-refractivity contribution in [2.24, 2.45) is 0 Å². The fourth-order valence-corrected chi connectivity index (χ4v) is 4.34. The normalized spacial score (nSPS) is 15.0. The fraction of sp³-hybridized carbons (Fsp3) is 0.0455. The van der Waals surface area contributed by atoms with Crippen molar-refractivity contribution in [1.82, 2.24) is 0 Å². The highest BCUT2D eigenvalue weighted by atomic mass is 32.2. The molecule has 0 aromatic heterocycles. The van der Waals surface area contributed by atoms with Gasteiger partial charge < -0.3 is 0 Å². The van der Waals surface area contributed by atoms with E-state index in [1.54, 1.807) is 0 Å². The van der Waals surface area contributed by atoms with Gasteiger partial charge in [-0.2, -0.15) is 5.26 Å². The van der Waals surface area contributed by atoms with Crippen molar-refractivity contribution in [1.29, 1.82) is 5.26 Å². The number of thiocyanates is 1. The third kappa shape index (κ3) is 2.26. The van der Waals surface area contributed by atoms with E-state index in [2.05, 4.69) is 66.1 Å². The first-order chi connectivity index (χ1) is 11.9. The van der Waals surface area contributed by atoms with E-state index in [-0.39, 0.29) is 4.75 Å². The van der Waals surface area contributed by atoms with Crippen LogP contribution in [0.1, 0.15) is 16.7 Å². The van der Waals surface area contributed by atoms with Crippen LogP contribution >= 0.6 is 11.8 Å². The summed E-state index contributed by atoms with van der Waals surface area (Å²) in [6, 6.07) is 31.1. The van der Waals surface area contributed by atoms with Gasteiger partial charge in [-0.1, -0.05) is 91.0 Å². The Kier molecular flexibility index (Phi) is 3.72. The van der Waals surface area contributed by atoms with Crippen LogP contribution in [0.3, 0.4) is 0 Å². The number of hydrogen-bond donors (Lipinski definition) is 0. The first-order valence-corrected chi connectivity index (χ1v) is 8.68. The highest BCUT2D eigenvalue weighted by molar-refractivity contribution is 8.06. The zero-order valence-electron chi connectivity index (χ0n) is 13.0. The van der Waals surface area contributed by atoms with Crippen molar-refractivity contribution in [3.63, 3.8) is 0 Å². The molecule has 0 unspecified atom stereocenters. The smallest absolute Gasteiger partial charge is 0.134 e. The molecule has 0 radical (unpaired) electrons. The van der Waals surface area contributed by atoms with E-state index in [0.717, 1.165) is 5.56 Å². The molecule has 0 heterocycles. The van der Waals surface area contributed by atoms with Gasteiger partial charge >= 0.3 is 0 Å². The van der Waals surface area contributed by atoms with Gasteiger partial charge in [0.15, 0.2) is 0 Å². The Morgan fingerprint density at radius 1 is 0.625 bits per heavy atom. The zero-order valence-corrected chi connectivity index (χ0v) is 13.8. The van der Waals surface area contributed by atoms with E-state index < -0.39 is 0 Å². The SMILES string of the molecule is N#CSC1(c2ccccc2)C(c2ccccc2)=C1c1ccccc1. The third-order valence-electron chi connectivity index (χ3n) is 4.40. The maximum Gasteiger partial charge on any atom is 0.134 e. The first-order valence-electron chi connectivity index (χ1n) is 7.86. The molecular weight excluding hydrogens is 310 g/mol. The Hall–Kier alpha value is -2.76. The summed E-state index contributed by atoms with van der Waals surface area (Å²) >= 11 is 1.34. The Morgan fingerprint density at radius 2 is 1.04 bits per heavy atom. The summed E-state index contributed by atoms with van der Waals surface area (Å²) in [7, 11) is 0. The van der Waals surface area contributed by atoms with Crippen LogP contribution in [0.2, 0.25) is 0 Å². The van der Waals surface area contributed by atoms with Gasteiger partial charge in [-0.15, -0.1) is 0 Å². The molecule has 2 heteroatoms. The summed E-state index contributed by atoms with van der Waals surface area (Å²) in [6.45, 7) is 0. The number of rotatable bonds is 4. The van der Waals surface area contributed by atoms with Crippen molar-refractivity contribution in [2.75, 3.05) is 0 Å². The molecule has 0 fully saturated rings. The van der Waals surface area contributed by atoms with Crippen LogP contribution in [0.4, 0.5) is 0 Å². The largest absolute Gasteiger partial charge is 0.185 e. The summed E-state index contributed by atoms with van der Waals surface area (Å²) < 4.78 is -0.376.